The van der Waals surface area contributed by atoms with E-state index in [4.69, 9.17) is 4.74 Å². The van der Waals surface area contributed by atoms with E-state index in [1.807, 2.05) is 27.7 Å². The number of hydrogen-bond acceptors (Lipinski definition) is 3. The van der Waals surface area contributed by atoms with E-state index in [9.17, 15) is 8.78 Å². The molecule has 1 N–H and O–H groups in total. The normalized spacial score (nSPS) is 11.7. The summed E-state index contributed by atoms with van der Waals surface area (Å²) < 4.78 is 32.9. The summed E-state index contributed by atoms with van der Waals surface area (Å²) in [7, 11) is 0. The highest BCUT2D eigenvalue weighted by Gasteiger charge is 2.14. The summed E-state index contributed by atoms with van der Waals surface area (Å²) in [6.45, 7) is 8.77. The lowest BCUT2D eigenvalue weighted by atomic mass is 10.1. The van der Waals surface area contributed by atoms with Crippen LogP contribution in [0.5, 0.6) is 5.75 Å². The lowest BCUT2D eigenvalue weighted by molar-refractivity contribution is 0.305. The van der Waals surface area contributed by atoms with E-state index in [2.05, 4.69) is 5.32 Å². The highest BCUT2D eigenvalue weighted by Crippen LogP contribution is 2.24. The first kappa shape index (κ1) is 17.2. The summed E-state index contributed by atoms with van der Waals surface area (Å²) in [6.07, 6.45) is 0. The Morgan fingerprint density at radius 2 is 1.80 bits per heavy atom. The molecular formula is C15H23F2NOS. The van der Waals surface area contributed by atoms with Gasteiger partial charge < -0.3 is 10.1 Å². The Morgan fingerprint density at radius 3 is 2.30 bits per heavy atom. The second kappa shape index (κ2) is 7.84. The standard InChI is InChI=1S/C15H23F2NOS/c1-5-20-7-6-19-14-12(16)8-11(9-13(14)17)10-18-15(2,3)4/h8-9,18H,5-7,10H2,1-4H3. The molecule has 0 spiro atoms. The van der Waals surface area contributed by atoms with Crippen molar-refractivity contribution in [3.63, 3.8) is 0 Å². The molecule has 0 amide bonds. The quantitative estimate of drug-likeness (QED) is 0.770. The minimum absolute atomic E-state index is 0.0977. The zero-order chi connectivity index (χ0) is 15.2. The zero-order valence-electron chi connectivity index (χ0n) is 12.6. The summed E-state index contributed by atoms with van der Waals surface area (Å²) in [5.74, 6) is 0.129. The van der Waals surface area contributed by atoms with E-state index in [1.54, 1.807) is 11.8 Å². The molecule has 1 rings (SSSR count). The van der Waals surface area contributed by atoms with Crippen LogP contribution in [0.15, 0.2) is 12.1 Å². The molecule has 0 saturated heterocycles. The summed E-state index contributed by atoms with van der Waals surface area (Å²) in [5, 5.41) is 3.19. The average Bonchev–Trinajstić information content (AvgIpc) is 2.34. The van der Waals surface area contributed by atoms with Gasteiger partial charge in [0, 0.05) is 17.8 Å². The van der Waals surface area contributed by atoms with Crippen LogP contribution >= 0.6 is 11.8 Å². The van der Waals surface area contributed by atoms with Crippen LogP contribution < -0.4 is 10.1 Å². The van der Waals surface area contributed by atoms with Gasteiger partial charge in [-0.25, -0.2) is 8.78 Å². The van der Waals surface area contributed by atoms with Crippen LogP contribution in [-0.4, -0.2) is 23.7 Å². The van der Waals surface area contributed by atoms with Crippen molar-refractivity contribution in [2.75, 3.05) is 18.1 Å². The first-order chi connectivity index (χ1) is 9.33. The highest BCUT2D eigenvalue weighted by molar-refractivity contribution is 7.99. The maximum absolute atomic E-state index is 13.8. The van der Waals surface area contributed by atoms with Crippen LogP contribution in [0.3, 0.4) is 0 Å². The van der Waals surface area contributed by atoms with Crippen LogP contribution in [0, 0.1) is 11.6 Å². The number of rotatable bonds is 7. The molecule has 0 atom stereocenters. The fourth-order valence-electron chi connectivity index (χ4n) is 1.57. The molecule has 0 aliphatic carbocycles. The molecular weight excluding hydrogens is 280 g/mol. The van der Waals surface area contributed by atoms with Crippen molar-refractivity contribution in [1.29, 1.82) is 0 Å². The fraction of sp³-hybridized carbons (Fsp3) is 0.600. The van der Waals surface area contributed by atoms with E-state index in [1.165, 1.54) is 12.1 Å². The first-order valence-electron chi connectivity index (χ1n) is 6.77. The smallest absolute Gasteiger partial charge is 0.190 e. The summed E-state index contributed by atoms with van der Waals surface area (Å²) >= 11 is 1.67. The zero-order valence-corrected chi connectivity index (χ0v) is 13.4. The Labute approximate surface area is 124 Å². The number of hydrogen-bond donors (Lipinski definition) is 1. The molecule has 0 aromatic heterocycles. The Bertz CT molecular complexity index is 409. The minimum atomic E-state index is -0.641. The van der Waals surface area contributed by atoms with Crippen molar-refractivity contribution < 1.29 is 13.5 Å². The van der Waals surface area contributed by atoms with Crippen LogP contribution in [-0.2, 0) is 6.54 Å². The molecule has 1 aromatic rings. The molecule has 0 unspecified atom stereocenters. The van der Waals surface area contributed by atoms with Crippen LogP contribution in [0.4, 0.5) is 8.78 Å². The molecule has 0 radical (unpaired) electrons. The largest absolute Gasteiger partial charge is 0.487 e. The van der Waals surface area contributed by atoms with E-state index in [0.717, 1.165) is 11.5 Å². The van der Waals surface area contributed by atoms with Gasteiger partial charge in [0.2, 0.25) is 0 Å². The van der Waals surface area contributed by atoms with E-state index in [-0.39, 0.29) is 11.3 Å². The van der Waals surface area contributed by atoms with Gasteiger partial charge in [0.25, 0.3) is 0 Å². The van der Waals surface area contributed by atoms with Gasteiger partial charge in [0.15, 0.2) is 17.4 Å². The number of ether oxygens (including phenoxy) is 1. The third-order valence-corrected chi connectivity index (χ3v) is 3.42. The maximum atomic E-state index is 13.8. The maximum Gasteiger partial charge on any atom is 0.190 e. The molecule has 20 heavy (non-hydrogen) atoms. The lowest BCUT2D eigenvalue weighted by Gasteiger charge is -2.20. The van der Waals surface area contributed by atoms with Crippen molar-refractivity contribution in [3.8, 4) is 5.75 Å². The van der Waals surface area contributed by atoms with Gasteiger partial charge >= 0.3 is 0 Å². The van der Waals surface area contributed by atoms with E-state index >= 15 is 0 Å². The lowest BCUT2D eigenvalue weighted by Crippen LogP contribution is -2.35. The van der Waals surface area contributed by atoms with Gasteiger partial charge in [-0.3, -0.25) is 0 Å². The number of halogens is 2. The summed E-state index contributed by atoms with van der Waals surface area (Å²) in [6, 6.07) is 2.65. The number of benzene rings is 1. The molecule has 114 valence electrons. The van der Waals surface area contributed by atoms with Crippen molar-refractivity contribution in [2.24, 2.45) is 0 Å². The Morgan fingerprint density at radius 1 is 1.20 bits per heavy atom. The first-order valence-corrected chi connectivity index (χ1v) is 7.92. The van der Waals surface area contributed by atoms with E-state index < -0.39 is 11.6 Å². The van der Waals surface area contributed by atoms with Crippen molar-refractivity contribution in [1.82, 2.24) is 5.32 Å². The minimum Gasteiger partial charge on any atom is -0.487 e. The Kier molecular flexibility index (Phi) is 6.76. The predicted octanol–water partition coefficient (Wildman–Crippen LogP) is 3.98. The molecule has 5 heteroatoms. The Balaban J connectivity index is 2.66. The third-order valence-electron chi connectivity index (χ3n) is 2.56. The number of nitrogens with one attached hydrogen (secondary N) is 1. The number of thioether (sulfide) groups is 1. The average molecular weight is 303 g/mol. The highest BCUT2D eigenvalue weighted by atomic mass is 32.2. The van der Waals surface area contributed by atoms with Gasteiger partial charge in [-0.2, -0.15) is 11.8 Å². The summed E-state index contributed by atoms with van der Waals surface area (Å²) in [5.41, 5.74) is 0.477. The van der Waals surface area contributed by atoms with Gasteiger partial charge in [-0.05, 0) is 44.2 Å². The van der Waals surface area contributed by atoms with Crippen molar-refractivity contribution in [3.05, 3.63) is 29.3 Å². The van der Waals surface area contributed by atoms with Gasteiger partial charge in [-0.1, -0.05) is 6.92 Å². The van der Waals surface area contributed by atoms with E-state index in [0.29, 0.717) is 18.7 Å². The second-order valence-electron chi connectivity index (χ2n) is 5.54. The third kappa shape index (κ3) is 6.09. The molecule has 0 aliphatic heterocycles. The molecule has 0 heterocycles. The molecule has 0 bridgehead atoms. The predicted molar refractivity (Wildman–Crippen MR) is 81.4 cm³/mol. The molecule has 0 aliphatic rings. The van der Waals surface area contributed by atoms with Gasteiger partial charge in [-0.15, -0.1) is 0 Å². The monoisotopic (exact) mass is 303 g/mol. The molecule has 0 saturated carbocycles. The second-order valence-corrected chi connectivity index (χ2v) is 6.93. The van der Waals surface area contributed by atoms with Crippen LogP contribution in [0.25, 0.3) is 0 Å². The van der Waals surface area contributed by atoms with Crippen molar-refractivity contribution >= 4 is 11.8 Å². The summed E-state index contributed by atoms with van der Waals surface area (Å²) in [4.78, 5) is 0. The van der Waals surface area contributed by atoms with Crippen molar-refractivity contribution in [2.45, 2.75) is 39.8 Å². The fourth-order valence-corrected chi connectivity index (χ4v) is 2.06. The van der Waals surface area contributed by atoms with Gasteiger partial charge in [0.05, 0.1) is 6.61 Å². The molecule has 2 nitrogen and oxygen atoms in total. The molecule has 0 fully saturated rings. The van der Waals surface area contributed by atoms with Crippen LogP contribution in [0.2, 0.25) is 0 Å². The Hall–Kier alpha value is -0.810. The SMILES string of the molecule is CCSCCOc1c(F)cc(CNC(C)(C)C)cc1F. The van der Waals surface area contributed by atoms with Crippen LogP contribution in [0.1, 0.15) is 33.3 Å². The topological polar surface area (TPSA) is 21.3 Å². The molecule has 1 aromatic carbocycles. The van der Waals surface area contributed by atoms with Gasteiger partial charge in [0.1, 0.15) is 0 Å².